The summed E-state index contributed by atoms with van der Waals surface area (Å²) in [6.45, 7) is 2.06. The van der Waals surface area contributed by atoms with Crippen molar-refractivity contribution in [3.8, 4) is 33.8 Å². The fourth-order valence-electron chi connectivity index (χ4n) is 3.27. The van der Waals surface area contributed by atoms with Gasteiger partial charge in [-0.15, -0.1) is 0 Å². The zero-order valence-electron chi connectivity index (χ0n) is 14.9. The zero-order valence-corrected chi connectivity index (χ0v) is 14.9. The number of hydrogen-bond donors (Lipinski definition) is 0. The minimum atomic E-state index is 0.841. The first-order valence-corrected chi connectivity index (χ1v) is 8.63. The predicted molar refractivity (Wildman–Crippen MR) is 106 cm³/mol. The molecule has 1 heterocycles. The molecular weight excluding hydrogens is 320 g/mol. The van der Waals surface area contributed by atoms with Crippen molar-refractivity contribution in [2.75, 3.05) is 7.11 Å². The molecule has 3 nitrogen and oxygen atoms in total. The summed E-state index contributed by atoms with van der Waals surface area (Å²) in [5.74, 6) is 0.841. The zero-order chi connectivity index (χ0) is 17.9. The average Bonchev–Trinajstić information content (AvgIpc) is 3.06. The lowest BCUT2D eigenvalue weighted by molar-refractivity contribution is 0.415. The Balaban J connectivity index is 2.01. The van der Waals surface area contributed by atoms with Gasteiger partial charge in [0.15, 0.2) is 0 Å². The van der Waals surface area contributed by atoms with E-state index in [0.29, 0.717) is 0 Å². The van der Waals surface area contributed by atoms with Crippen LogP contribution in [0.4, 0.5) is 0 Å². The van der Waals surface area contributed by atoms with Gasteiger partial charge in [-0.05, 0) is 36.8 Å². The number of para-hydroxylation sites is 1. The third-order valence-corrected chi connectivity index (χ3v) is 4.47. The van der Waals surface area contributed by atoms with Crippen LogP contribution < -0.4 is 4.74 Å². The largest absolute Gasteiger partial charge is 0.497 e. The van der Waals surface area contributed by atoms with Crippen LogP contribution in [0.5, 0.6) is 5.75 Å². The molecule has 0 fully saturated rings. The molecule has 0 atom stereocenters. The summed E-state index contributed by atoms with van der Waals surface area (Å²) in [5, 5.41) is 4.86. The van der Waals surface area contributed by atoms with Crippen LogP contribution in [0.1, 0.15) is 5.69 Å². The highest BCUT2D eigenvalue weighted by Gasteiger charge is 2.19. The Labute approximate surface area is 153 Å². The molecule has 128 valence electrons. The fraction of sp³-hybridized carbons (Fsp3) is 0.0870. The molecular formula is C23H20N2O. The van der Waals surface area contributed by atoms with Gasteiger partial charge in [-0.3, -0.25) is 0 Å². The molecule has 0 spiro atoms. The van der Waals surface area contributed by atoms with Crippen LogP contribution in [0.2, 0.25) is 0 Å². The lowest BCUT2D eigenvalue weighted by Gasteiger charge is -2.11. The highest BCUT2D eigenvalue weighted by Crippen LogP contribution is 2.37. The quantitative estimate of drug-likeness (QED) is 0.489. The third-order valence-electron chi connectivity index (χ3n) is 4.47. The molecule has 0 N–H and O–H groups in total. The molecule has 0 bridgehead atoms. The van der Waals surface area contributed by atoms with Gasteiger partial charge in [-0.2, -0.15) is 5.10 Å². The van der Waals surface area contributed by atoms with Crippen LogP contribution in [0.25, 0.3) is 28.1 Å². The van der Waals surface area contributed by atoms with Gasteiger partial charge in [0.05, 0.1) is 24.2 Å². The van der Waals surface area contributed by atoms with Crippen molar-refractivity contribution >= 4 is 0 Å². The Bertz CT molecular complexity index is 1020. The standard InChI is InChI=1S/C23H20N2O/c1-17-22(19-12-9-15-21(16-19)26-2)23(18-10-5-3-6-11-18)25(24-17)20-13-7-4-8-14-20/h3-16H,1-2H3. The summed E-state index contributed by atoms with van der Waals surface area (Å²) in [5.41, 5.74) is 6.48. The van der Waals surface area contributed by atoms with E-state index >= 15 is 0 Å². The molecule has 0 radical (unpaired) electrons. The molecule has 4 rings (SSSR count). The summed E-state index contributed by atoms with van der Waals surface area (Å²) >= 11 is 0. The Hall–Kier alpha value is -3.33. The Kier molecular flexibility index (Phi) is 4.28. The average molecular weight is 340 g/mol. The van der Waals surface area contributed by atoms with E-state index in [1.807, 2.05) is 41.1 Å². The first-order chi connectivity index (χ1) is 12.8. The van der Waals surface area contributed by atoms with Gasteiger partial charge in [-0.25, -0.2) is 4.68 Å². The Morgan fingerprint density at radius 3 is 2.12 bits per heavy atom. The van der Waals surface area contributed by atoms with Crippen LogP contribution in [0.15, 0.2) is 84.9 Å². The molecule has 0 saturated carbocycles. The van der Waals surface area contributed by atoms with Gasteiger partial charge in [0.2, 0.25) is 0 Å². The van der Waals surface area contributed by atoms with Crippen molar-refractivity contribution in [1.82, 2.24) is 9.78 Å². The van der Waals surface area contributed by atoms with Crippen LogP contribution >= 0.6 is 0 Å². The lowest BCUT2D eigenvalue weighted by atomic mass is 9.98. The van der Waals surface area contributed by atoms with Gasteiger partial charge < -0.3 is 4.74 Å². The van der Waals surface area contributed by atoms with Crippen molar-refractivity contribution in [2.45, 2.75) is 6.92 Å². The lowest BCUT2D eigenvalue weighted by Crippen LogP contribution is -1.99. The number of aryl methyl sites for hydroxylation is 1. The van der Waals surface area contributed by atoms with Gasteiger partial charge in [0.1, 0.15) is 5.75 Å². The number of benzene rings is 3. The van der Waals surface area contributed by atoms with E-state index in [-0.39, 0.29) is 0 Å². The van der Waals surface area contributed by atoms with Gasteiger partial charge in [0.25, 0.3) is 0 Å². The number of hydrogen-bond acceptors (Lipinski definition) is 2. The van der Waals surface area contributed by atoms with E-state index < -0.39 is 0 Å². The number of rotatable bonds is 4. The number of aromatic nitrogens is 2. The molecule has 0 aliphatic rings. The van der Waals surface area contributed by atoms with E-state index in [9.17, 15) is 0 Å². The van der Waals surface area contributed by atoms with Crippen LogP contribution in [0, 0.1) is 6.92 Å². The van der Waals surface area contributed by atoms with Crippen molar-refractivity contribution in [2.24, 2.45) is 0 Å². The van der Waals surface area contributed by atoms with Crippen LogP contribution in [-0.2, 0) is 0 Å². The monoisotopic (exact) mass is 340 g/mol. The first kappa shape index (κ1) is 16.2. The minimum Gasteiger partial charge on any atom is -0.497 e. The van der Waals surface area contributed by atoms with E-state index in [0.717, 1.165) is 39.5 Å². The summed E-state index contributed by atoms with van der Waals surface area (Å²) in [6.07, 6.45) is 0. The molecule has 0 aliphatic heterocycles. The second-order valence-electron chi connectivity index (χ2n) is 6.15. The van der Waals surface area contributed by atoms with Gasteiger partial charge in [0, 0.05) is 11.1 Å². The van der Waals surface area contributed by atoms with E-state index in [2.05, 4.69) is 55.5 Å². The normalized spacial score (nSPS) is 10.7. The molecule has 0 aliphatic carbocycles. The maximum Gasteiger partial charge on any atom is 0.119 e. The topological polar surface area (TPSA) is 27.1 Å². The number of methoxy groups -OCH3 is 1. The van der Waals surface area contributed by atoms with Gasteiger partial charge >= 0.3 is 0 Å². The van der Waals surface area contributed by atoms with E-state index in [4.69, 9.17) is 9.84 Å². The smallest absolute Gasteiger partial charge is 0.119 e. The molecule has 3 heteroatoms. The number of nitrogens with zero attached hydrogens (tertiary/aromatic N) is 2. The minimum absolute atomic E-state index is 0.841. The predicted octanol–water partition coefficient (Wildman–Crippen LogP) is 5.52. The molecule has 26 heavy (non-hydrogen) atoms. The Morgan fingerprint density at radius 2 is 1.42 bits per heavy atom. The maximum absolute atomic E-state index is 5.43. The highest BCUT2D eigenvalue weighted by molar-refractivity contribution is 5.84. The highest BCUT2D eigenvalue weighted by atomic mass is 16.5. The summed E-state index contributed by atoms with van der Waals surface area (Å²) in [6, 6.07) is 28.8. The van der Waals surface area contributed by atoms with E-state index in [1.165, 1.54) is 0 Å². The van der Waals surface area contributed by atoms with E-state index in [1.54, 1.807) is 7.11 Å². The fourth-order valence-corrected chi connectivity index (χ4v) is 3.27. The number of ether oxygens (including phenoxy) is 1. The molecule has 0 saturated heterocycles. The molecule has 0 unspecified atom stereocenters. The van der Waals surface area contributed by atoms with Crippen molar-refractivity contribution in [1.29, 1.82) is 0 Å². The third kappa shape index (κ3) is 2.88. The second-order valence-corrected chi connectivity index (χ2v) is 6.15. The second kappa shape index (κ2) is 6.89. The van der Waals surface area contributed by atoms with Crippen LogP contribution in [-0.4, -0.2) is 16.9 Å². The summed E-state index contributed by atoms with van der Waals surface area (Å²) in [4.78, 5) is 0. The van der Waals surface area contributed by atoms with Crippen molar-refractivity contribution in [3.63, 3.8) is 0 Å². The SMILES string of the molecule is COc1cccc(-c2c(C)nn(-c3ccccc3)c2-c2ccccc2)c1. The molecule has 0 amide bonds. The van der Waals surface area contributed by atoms with Crippen molar-refractivity contribution in [3.05, 3.63) is 90.6 Å². The van der Waals surface area contributed by atoms with Crippen LogP contribution in [0.3, 0.4) is 0 Å². The first-order valence-electron chi connectivity index (χ1n) is 8.63. The summed E-state index contributed by atoms with van der Waals surface area (Å²) in [7, 11) is 1.69. The molecule has 3 aromatic carbocycles. The summed E-state index contributed by atoms with van der Waals surface area (Å²) < 4.78 is 7.45. The Morgan fingerprint density at radius 1 is 0.769 bits per heavy atom. The maximum atomic E-state index is 5.43. The molecule has 1 aromatic heterocycles. The molecule has 4 aromatic rings. The van der Waals surface area contributed by atoms with Gasteiger partial charge in [-0.1, -0.05) is 60.7 Å². The van der Waals surface area contributed by atoms with Crippen molar-refractivity contribution < 1.29 is 4.74 Å².